The summed E-state index contributed by atoms with van der Waals surface area (Å²) in [6.45, 7) is 0. The molecule has 0 spiro atoms. The Morgan fingerprint density at radius 2 is 0.758 bits per heavy atom. The third kappa shape index (κ3) is 6.04. The van der Waals surface area contributed by atoms with Gasteiger partial charge >= 0.3 is 0 Å². The van der Waals surface area contributed by atoms with Gasteiger partial charge in [-0.25, -0.2) is 15.0 Å². The van der Waals surface area contributed by atoms with E-state index in [1.807, 2.05) is 66.9 Å². The average molecular weight is 793 g/mol. The molecule has 8 aromatic carbocycles. The summed E-state index contributed by atoms with van der Waals surface area (Å²) in [6, 6.07) is 74.7. The minimum Gasteiger partial charge on any atom is -0.309 e. The fourth-order valence-electron chi connectivity index (χ4n) is 8.92. The van der Waals surface area contributed by atoms with Crippen molar-refractivity contribution >= 4 is 43.6 Å². The number of nitrogens with zero attached hydrogens (tertiary/aromatic N) is 6. The van der Waals surface area contributed by atoms with Gasteiger partial charge in [-0.15, -0.1) is 0 Å². The van der Waals surface area contributed by atoms with Crippen LogP contribution in [0.15, 0.2) is 219 Å². The van der Waals surface area contributed by atoms with Crippen molar-refractivity contribution in [2.24, 2.45) is 0 Å². The minimum absolute atomic E-state index is 0.526. The Kier molecular flexibility index (Phi) is 8.38. The molecule has 0 aliphatic carbocycles. The normalized spacial score (nSPS) is 11.5. The highest BCUT2D eigenvalue weighted by Crippen LogP contribution is 2.38. The number of benzene rings is 8. The molecule has 6 heteroatoms. The molecule has 0 fully saturated rings. The van der Waals surface area contributed by atoms with Gasteiger partial charge in [0.1, 0.15) is 5.69 Å². The van der Waals surface area contributed by atoms with Crippen LogP contribution in [-0.2, 0) is 0 Å². The zero-order valence-corrected chi connectivity index (χ0v) is 33.5. The smallest absolute Gasteiger partial charge is 0.182 e. The molecule has 0 aliphatic rings. The first kappa shape index (κ1) is 35.5. The molecule has 0 saturated carbocycles. The van der Waals surface area contributed by atoms with Crippen LogP contribution in [0.25, 0.3) is 112 Å². The number of hydrogen-bond acceptors (Lipinski definition) is 4. The van der Waals surface area contributed by atoms with Crippen LogP contribution in [0.1, 0.15) is 0 Å². The number of rotatable bonds is 7. The molecule has 12 aromatic rings. The Balaban J connectivity index is 0.953. The largest absolute Gasteiger partial charge is 0.309 e. The summed E-state index contributed by atoms with van der Waals surface area (Å²) >= 11 is 0. The quantitative estimate of drug-likeness (QED) is 0.161. The molecule has 0 bridgehead atoms. The van der Waals surface area contributed by atoms with Crippen molar-refractivity contribution in [3.8, 4) is 67.9 Å². The maximum absolute atomic E-state index is 4.94. The van der Waals surface area contributed by atoms with E-state index in [0.717, 1.165) is 50.2 Å². The van der Waals surface area contributed by atoms with Gasteiger partial charge in [-0.3, -0.25) is 4.98 Å². The van der Waals surface area contributed by atoms with Gasteiger partial charge < -0.3 is 9.13 Å². The monoisotopic (exact) mass is 792 g/mol. The molecule has 4 aromatic heterocycles. The SMILES string of the molecule is c1ccc(-c2nc(-c3ccccc3)nc(-c3cc(-c4ccc5c(c4)c4ccccc4n5-c4cccc(-c5ccc6c7ccccc7n(-c7ccccc7)c6c5)c4)ccn3)n2)cc1. The molecule has 0 aliphatic heterocycles. The maximum atomic E-state index is 4.94. The molecular weight excluding hydrogens is 757 g/mol. The number of pyridine rings is 1. The van der Waals surface area contributed by atoms with E-state index in [2.05, 4.69) is 161 Å². The predicted molar refractivity (Wildman–Crippen MR) is 253 cm³/mol. The first-order valence-corrected chi connectivity index (χ1v) is 20.8. The van der Waals surface area contributed by atoms with Gasteiger partial charge in [0.15, 0.2) is 17.5 Å². The molecule has 0 amide bonds. The van der Waals surface area contributed by atoms with E-state index in [0.29, 0.717) is 23.2 Å². The Morgan fingerprint density at radius 1 is 0.274 bits per heavy atom. The van der Waals surface area contributed by atoms with Gasteiger partial charge in [-0.05, 0) is 89.0 Å². The Labute approximate surface area is 357 Å². The van der Waals surface area contributed by atoms with E-state index in [9.17, 15) is 0 Å². The minimum atomic E-state index is 0.526. The first-order valence-electron chi connectivity index (χ1n) is 20.8. The topological polar surface area (TPSA) is 61.4 Å². The summed E-state index contributed by atoms with van der Waals surface area (Å²) in [7, 11) is 0. The molecule has 12 rings (SSSR count). The van der Waals surface area contributed by atoms with E-state index < -0.39 is 0 Å². The van der Waals surface area contributed by atoms with Crippen molar-refractivity contribution in [2.45, 2.75) is 0 Å². The Hall–Kier alpha value is -8.48. The van der Waals surface area contributed by atoms with Crippen LogP contribution >= 0.6 is 0 Å². The fourth-order valence-corrected chi connectivity index (χ4v) is 8.92. The summed E-state index contributed by atoms with van der Waals surface area (Å²) < 4.78 is 4.76. The van der Waals surface area contributed by atoms with Crippen LogP contribution in [0.4, 0.5) is 0 Å². The standard InChI is InChI=1S/C56H36N6/c1-4-15-37(16-5-1)54-58-55(38-17-6-2-7-18-38)60-56(59-54)49-35-42(31-32-57-49)40-28-30-52-48(34-40)46-24-11-13-26-51(46)62(52)44-22-14-19-39(33-44)41-27-29-47-45-23-10-12-25-50(45)61(53(47)36-41)43-20-8-3-9-21-43/h1-36H. The fraction of sp³-hybridized carbons (Fsp3) is 0. The second-order valence-corrected chi connectivity index (χ2v) is 15.5. The van der Waals surface area contributed by atoms with Crippen molar-refractivity contribution in [2.75, 3.05) is 0 Å². The van der Waals surface area contributed by atoms with E-state index in [1.54, 1.807) is 0 Å². The summed E-state index contributed by atoms with van der Waals surface area (Å²) in [5.74, 6) is 1.74. The van der Waals surface area contributed by atoms with Gasteiger partial charge in [-0.2, -0.15) is 0 Å². The maximum Gasteiger partial charge on any atom is 0.182 e. The van der Waals surface area contributed by atoms with E-state index >= 15 is 0 Å². The molecule has 290 valence electrons. The van der Waals surface area contributed by atoms with E-state index in [-0.39, 0.29) is 0 Å². The summed E-state index contributed by atoms with van der Waals surface area (Å²) in [4.78, 5) is 19.5. The number of hydrogen-bond donors (Lipinski definition) is 0. The van der Waals surface area contributed by atoms with Crippen LogP contribution in [0.3, 0.4) is 0 Å². The van der Waals surface area contributed by atoms with Crippen LogP contribution < -0.4 is 0 Å². The van der Waals surface area contributed by atoms with Gasteiger partial charge in [0, 0.05) is 50.2 Å². The molecule has 0 saturated heterocycles. The van der Waals surface area contributed by atoms with Crippen LogP contribution in [-0.4, -0.2) is 29.1 Å². The van der Waals surface area contributed by atoms with Gasteiger partial charge in [-0.1, -0.05) is 146 Å². The van der Waals surface area contributed by atoms with Crippen molar-refractivity contribution in [1.82, 2.24) is 29.1 Å². The zero-order chi connectivity index (χ0) is 41.0. The molecular formula is C56H36N6. The highest BCUT2D eigenvalue weighted by atomic mass is 15.0. The summed E-state index contributed by atoms with van der Waals surface area (Å²) in [5, 5.41) is 4.86. The second-order valence-electron chi connectivity index (χ2n) is 15.5. The van der Waals surface area contributed by atoms with Gasteiger partial charge in [0.05, 0.1) is 22.1 Å². The molecule has 0 N–H and O–H groups in total. The Bertz CT molecular complexity index is 3570. The lowest BCUT2D eigenvalue weighted by Crippen LogP contribution is -2.01. The van der Waals surface area contributed by atoms with E-state index in [4.69, 9.17) is 19.9 Å². The predicted octanol–water partition coefficient (Wildman–Crippen LogP) is 13.8. The number of para-hydroxylation sites is 3. The molecule has 62 heavy (non-hydrogen) atoms. The van der Waals surface area contributed by atoms with Crippen LogP contribution in [0, 0.1) is 0 Å². The lowest BCUT2D eigenvalue weighted by Gasteiger charge is -2.12. The highest BCUT2D eigenvalue weighted by molar-refractivity contribution is 6.11. The molecule has 0 radical (unpaired) electrons. The summed E-state index contributed by atoms with van der Waals surface area (Å²) in [6.07, 6.45) is 1.84. The second kappa shape index (κ2) is 14.7. The molecule has 6 nitrogen and oxygen atoms in total. The van der Waals surface area contributed by atoms with Gasteiger partial charge in [0.2, 0.25) is 0 Å². The first-order chi connectivity index (χ1) is 30.7. The number of fused-ring (bicyclic) bond motifs is 6. The average Bonchev–Trinajstić information content (AvgIpc) is 3.87. The van der Waals surface area contributed by atoms with E-state index in [1.165, 1.54) is 38.1 Å². The number of aromatic nitrogens is 6. The third-order valence-corrected chi connectivity index (χ3v) is 11.8. The lowest BCUT2D eigenvalue weighted by molar-refractivity contribution is 1.06. The van der Waals surface area contributed by atoms with Crippen molar-refractivity contribution in [3.63, 3.8) is 0 Å². The van der Waals surface area contributed by atoms with Crippen molar-refractivity contribution < 1.29 is 0 Å². The van der Waals surface area contributed by atoms with Crippen molar-refractivity contribution in [1.29, 1.82) is 0 Å². The molecule has 0 atom stereocenters. The zero-order valence-electron chi connectivity index (χ0n) is 33.5. The third-order valence-electron chi connectivity index (χ3n) is 11.8. The van der Waals surface area contributed by atoms with Crippen LogP contribution in [0.5, 0.6) is 0 Å². The van der Waals surface area contributed by atoms with Crippen LogP contribution in [0.2, 0.25) is 0 Å². The highest BCUT2D eigenvalue weighted by Gasteiger charge is 2.18. The van der Waals surface area contributed by atoms with Gasteiger partial charge in [0.25, 0.3) is 0 Å². The molecule has 4 heterocycles. The lowest BCUT2D eigenvalue weighted by atomic mass is 10.0. The van der Waals surface area contributed by atoms with Crippen molar-refractivity contribution in [3.05, 3.63) is 219 Å². The molecule has 0 unspecified atom stereocenters. The summed E-state index contributed by atoms with van der Waals surface area (Å²) in [5.41, 5.74) is 13.9. The Morgan fingerprint density at radius 3 is 1.47 bits per heavy atom.